The quantitative estimate of drug-likeness (QED) is 0.0435. The van der Waals surface area contributed by atoms with Crippen molar-refractivity contribution in [3.8, 4) is 0 Å². The third kappa shape index (κ3) is 13.5. The number of carbonyl (C=O) groups excluding carboxylic acids is 6. The Labute approximate surface area is 264 Å². The highest BCUT2D eigenvalue weighted by molar-refractivity contribution is 7.85. The molecule has 0 spiro atoms. The summed E-state index contributed by atoms with van der Waals surface area (Å²) < 4.78 is 35.7. The fourth-order valence-electron chi connectivity index (χ4n) is 3.91. The van der Waals surface area contributed by atoms with Gasteiger partial charge in [0.05, 0.1) is 25.5 Å². The van der Waals surface area contributed by atoms with Crippen molar-refractivity contribution in [3.63, 3.8) is 0 Å². The predicted octanol–water partition coefficient (Wildman–Crippen LogP) is -0.872. The monoisotopic (exact) mass is 668 g/mol. The summed E-state index contributed by atoms with van der Waals surface area (Å²) in [5.41, 5.74) is 1.07. The molecule has 18 nitrogen and oxygen atoms in total. The maximum atomic E-state index is 12.9. The summed E-state index contributed by atoms with van der Waals surface area (Å²) in [7, 11) is -4.26. The second-order valence-electron chi connectivity index (χ2n) is 10.2. The van der Waals surface area contributed by atoms with E-state index in [2.05, 4.69) is 26.1 Å². The number of hydrogen-bond donors (Lipinski definition) is 4. The molecule has 252 valence electrons. The van der Waals surface area contributed by atoms with Crippen molar-refractivity contribution >= 4 is 51.2 Å². The molecular formula is C27H36N6O12S. The van der Waals surface area contributed by atoms with E-state index in [0.717, 1.165) is 17.1 Å². The highest BCUT2D eigenvalue weighted by Gasteiger charge is 2.29. The van der Waals surface area contributed by atoms with E-state index in [0.29, 0.717) is 16.2 Å². The largest absolute Gasteiger partial charge is 0.378 e. The molecule has 1 aromatic carbocycles. The molecule has 46 heavy (non-hydrogen) atoms. The molecule has 1 unspecified atom stereocenters. The molecule has 1 aliphatic rings. The van der Waals surface area contributed by atoms with Gasteiger partial charge in [0.2, 0.25) is 23.6 Å². The van der Waals surface area contributed by atoms with Crippen LogP contribution in [0, 0.1) is 10.8 Å². The molecule has 0 aromatic heterocycles. The van der Waals surface area contributed by atoms with Crippen molar-refractivity contribution in [2.24, 2.45) is 11.3 Å². The molecular weight excluding hydrogens is 632 g/mol. The maximum absolute atomic E-state index is 12.9. The zero-order chi connectivity index (χ0) is 34.3. The Hall–Kier alpha value is -4.75. The van der Waals surface area contributed by atoms with Gasteiger partial charge in [-0.05, 0) is 23.6 Å². The highest BCUT2D eigenvalue weighted by atomic mass is 32.2. The first-order valence-electron chi connectivity index (χ1n) is 13.9. The lowest BCUT2D eigenvalue weighted by Crippen LogP contribution is -2.51. The first-order valence-corrected chi connectivity index (χ1v) is 15.6. The summed E-state index contributed by atoms with van der Waals surface area (Å²) in [6, 6.07) is 5.32. The summed E-state index contributed by atoms with van der Waals surface area (Å²) in [4.78, 5) is 90.9. The number of ether oxygens (including phenoxy) is 1. The predicted molar refractivity (Wildman–Crippen MR) is 160 cm³/mol. The van der Waals surface area contributed by atoms with Crippen molar-refractivity contribution in [2.45, 2.75) is 32.9 Å². The summed E-state index contributed by atoms with van der Waals surface area (Å²) >= 11 is 0. The molecule has 1 aliphatic heterocycles. The van der Waals surface area contributed by atoms with Crippen molar-refractivity contribution in [1.29, 1.82) is 0 Å². The smallest absolute Gasteiger partial charge is 0.267 e. The van der Waals surface area contributed by atoms with Crippen LogP contribution in [0.15, 0.2) is 41.8 Å². The van der Waals surface area contributed by atoms with E-state index >= 15 is 0 Å². The minimum absolute atomic E-state index is 0.0309. The van der Waals surface area contributed by atoms with Gasteiger partial charge in [0.1, 0.15) is 19.2 Å². The fraction of sp³-hybridized carbons (Fsp3) is 0.481. The van der Waals surface area contributed by atoms with Gasteiger partial charge in [0.15, 0.2) is 5.34 Å². The first-order chi connectivity index (χ1) is 21.7. The third-order valence-electron chi connectivity index (χ3n) is 6.36. The minimum Gasteiger partial charge on any atom is -0.378 e. The van der Waals surface area contributed by atoms with Crippen molar-refractivity contribution in [2.75, 3.05) is 50.5 Å². The second-order valence-corrected chi connectivity index (χ2v) is 11.8. The molecule has 1 aromatic rings. The van der Waals surface area contributed by atoms with Gasteiger partial charge < -0.3 is 30.4 Å². The van der Waals surface area contributed by atoms with Gasteiger partial charge in [-0.25, -0.2) is 0 Å². The average Bonchev–Trinajstić information content (AvgIpc) is 3.30. The molecule has 0 saturated carbocycles. The van der Waals surface area contributed by atoms with Crippen LogP contribution >= 0.6 is 0 Å². The molecule has 0 saturated heterocycles. The van der Waals surface area contributed by atoms with E-state index in [9.17, 15) is 42.1 Å². The topological polar surface area (TPSA) is 247 Å². The standard InChI is InChI=1S/C27H36N6O12S/c1-18(2)26(27(39)28-15-22(35)29-20-5-3-19(4-6-20)17-45-31-40)30-21(34)9-10-32(11-12-44-13-14-46(41,42)43)25(38)16-33-23(36)7-8-24(33)37/h3-8,18,26H,9-17H2,1-2H3,(H,28,39)(H,29,35)(H,30,34)(H,41,42,43). The number of carbonyl (C=O) groups is 6. The number of imide groups is 1. The molecule has 6 amide bonds. The molecule has 2 rings (SSSR count). The number of benzene rings is 1. The minimum atomic E-state index is -4.26. The van der Waals surface area contributed by atoms with E-state index in [-0.39, 0.29) is 39.3 Å². The summed E-state index contributed by atoms with van der Waals surface area (Å²) in [6.07, 6.45) is 1.73. The number of hydrogen-bond acceptors (Lipinski definition) is 12. The Balaban J connectivity index is 1.91. The van der Waals surface area contributed by atoms with Gasteiger partial charge >= 0.3 is 0 Å². The van der Waals surface area contributed by atoms with E-state index in [1.165, 1.54) is 0 Å². The van der Waals surface area contributed by atoms with Crippen LogP contribution in [0.3, 0.4) is 0 Å². The van der Waals surface area contributed by atoms with Crippen LogP contribution < -0.4 is 16.0 Å². The van der Waals surface area contributed by atoms with Gasteiger partial charge in [-0.3, -0.25) is 38.2 Å². The van der Waals surface area contributed by atoms with Crippen LogP contribution in [-0.4, -0.2) is 109 Å². The van der Waals surface area contributed by atoms with Crippen LogP contribution in [0.4, 0.5) is 5.69 Å². The Bertz CT molecular complexity index is 1400. The molecule has 0 fully saturated rings. The van der Waals surface area contributed by atoms with E-state index in [1.807, 2.05) is 0 Å². The first kappa shape index (κ1) is 37.4. The number of nitrogens with one attached hydrogen (secondary N) is 3. The zero-order valence-electron chi connectivity index (χ0n) is 25.2. The second kappa shape index (κ2) is 18.3. The Morgan fingerprint density at radius 1 is 1.00 bits per heavy atom. The van der Waals surface area contributed by atoms with Crippen LogP contribution in [0.5, 0.6) is 0 Å². The highest BCUT2D eigenvalue weighted by Crippen LogP contribution is 2.11. The van der Waals surface area contributed by atoms with Crippen LogP contribution in [0.1, 0.15) is 25.8 Å². The number of nitrogens with zero attached hydrogens (tertiary/aromatic N) is 3. The molecule has 19 heteroatoms. The molecule has 0 radical (unpaired) electrons. The maximum Gasteiger partial charge on any atom is 0.267 e. The lowest BCUT2D eigenvalue weighted by Gasteiger charge is -2.26. The molecule has 0 bridgehead atoms. The Morgan fingerprint density at radius 3 is 2.24 bits per heavy atom. The molecule has 0 aliphatic carbocycles. The van der Waals surface area contributed by atoms with Gasteiger partial charge in [0.25, 0.3) is 21.9 Å². The van der Waals surface area contributed by atoms with E-state index in [1.54, 1.807) is 38.1 Å². The SMILES string of the molecule is CC(C)C(NC(=O)CCN(CCOCCS(=O)(=O)O)C(=O)CN1C(=O)C=CC1=O)C(=O)NCC(=O)Nc1ccc(CON=O)cc1. The average molecular weight is 669 g/mol. The van der Waals surface area contributed by atoms with Crippen LogP contribution in [0.25, 0.3) is 0 Å². The van der Waals surface area contributed by atoms with Crippen molar-refractivity contribution in [3.05, 3.63) is 46.9 Å². The third-order valence-corrected chi connectivity index (χ3v) is 7.04. The zero-order valence-corrected chi connectivity index (χ0v) is 26.0. The molecule has 4 N–H and O–H groups in total. The van der Waals surface area contributed by atoms with Crippen LogP contribution in [0.2, 0.25) is 0 Å². The van der Waals surface area contributed by atoms with E-state index in [4.69, 9.17) is 9.29 Å². The normalized spacial score (nSPS) is 13.3. The number of amides is 6. The summed E-state index contributed by atoms with van der Waals surface area (Å²) in [6.45, 7) is 1.42. The van der Waals surface area contributed by atoms with Crippen molar-refractivity contribution < 1.29 is 51.3 Å². The lowest BCUT2D eigenvalue weighted by atomic mass is 10.0. The molecule has 1 heterocycles. The summed E-state index contributed by atoms with van der Waals surface area (Å²) in [5.74, 6) is -4.92. The number of anilines is 1. The van der Waals surface area contributed by atoms with Gasteiger partial charge in [-0.2, -0.15) is 8.42 Å². The van der Waals surface area contributed by atoms with Gasteiger partial charge in [0, 0.05) is 37.3 Å². The van der Waals surface area contributed by atoms with Crippen molar-refractivity contribution in [1.82, 2.24) is 20.4 Å². The molecule has 1 atom stereocenters. The number of rotatable bonds is 20. The Kier molecular flexibility index (Phi) is 14.9. The van der Waals surface area contributed by atoms with E-state index < -0.39 is 76.4 Å². The van der Waals surface area contributed by atoms with Crippen LogP contribution in [-0.2, 0) is 55.1 Å². The lowest BCUT2D eigenvalue weighted by molar-refractivity contribution is -0.145. The van der Waals surface area contributed by atoms with Gasteiger partial charge in [-0.15, -0.1) is 4.91 Å². The Morgan fingerprint density at radius 2 is 1.65 bits per heavy atom. The fourth-order valence-corrected chi connectivity index (χ4v) is 4.24. The van der Waals surface area contributed by atoms with Gasteiger partial charge in [-0.1, -0.05) is 26.0 Å². The summed E-state index contributed by atoms with van der Waals surface area (Å²) in [5, 5.41) is 9.92.